The zero-order valence-corrected chi connectivity index (χ0v) is 43.8. The van der Waals surface area contributed by atoms with E-state index < -0.39 is 0 Å². The van der Waals surface area contributed by atoms with E-state index in [0.29, 0.717) is 0 Å². The number of aromatic nitrogens is 6. The molecule has 3 heterocycles. The molecule has 0 spiro atoms. The Labute approximate surface area is 446 Å². The van der Waals surface area contributed by atoms with E-state index in [9.17, 15) is 0 Å². The first-order valence-electron chi connectivity index (χ1n) is 27.4. The Bertz CT molecular complexity index is 3490. The van der Waals surface area contributed by atoms with Crippen LogP contribution in [0.5, 0.6) is 0 Å². The van der Waals surface area contributed by atoms with E-state index in [0.717, 1.165) is 121 Å². The molecule has 0 unspecified atom stereocenters. The molecule has 0 saturated carbocycles. The number of hydrogen-bond acceptors (Lipinski definition) is 4. The highest BCUT2D eigenvalue weighted by Gasteiger charge is 2.21. The highest BCUT2D eigenvalue weighted by atomic mass is 15.1. The molecule has 0 atom stereocenters. The van der Waals surface area contributed by atoms with E-state index in [1.165, 1.54) is 55.2 Å². The predicted molar refractivity (Wildman–Crippen MR) is 317 cm³/mol. The number of imidazole rings is 3. The van der Waals surface area contributed by atoms with Crippen LogP contribution in [0.4, 0.5) is 17.1 Å². The van der Waals surface area contributed by atoms with Crippen LogP contribution in [0.1, 0.15) is 76.0 Å². The number of fused-ring (bicyclic) bond motifs is 3. The molecule has 0 radical (unpaired) electrons. The summed E-state index contributed by atoms with van der Waals surface area (Å²) in [6, 6.07) is 79.0. The van der Waals surface area contributed by atoms with Gasteiger partial charge < -0.3 is 4.90 Å². The fourth-order valence-corrected chi connectivity index (χ4v) is 10.7. The summed E-state index contributed by atoms with van der Waals surface area (Å²) in [5.41, 5.74) is 19.7. The van der Waals surface area contributed by atoms with Crippen molar-refractivity contribution in [2.24, 2.45) is 0 Å². The molecule has 12 aromatic rings. The number of aryl methyl sites for hydroxylation is 3. The van der Waals surface area contributed by atoms with E-state index >= 15 is 0 Å². The average Bonchev–Trinajstić information content (AvgIpc) is 4.23. The van der Waals surface area contributed by atoms with Crippen LogP contribution in [0.15, 0.2) is 218 Å². The fraction of sp³-hybridized carbons (Fsp3) is 0.174. The summed E-state index contributed by atoms with van der Waals surface area (Å²) in [6.07, 6.45) is 10.3. The minimum absolute atomic E-state index is 0.909. The highest BCUT2D eigenvalue weighted by Crippen LogP contribution is 2.40. The maximum atomic E-state index is 5.25. The monoisotopic (exact) mass is 990 g/mol. The van der Waals surface area contributed by atoms with Crippen LogP contribution in [-0.2, 0) is 19.3 Å². The lowest BCUT2D eigenvalue weighted by Crippen LogP contribution is -2.10. The Hall–Kier alpha value is -8.81. The van der Waals surface area contributed by atoms with E-state index in [1.54, 1.807) is 0 Å². The predicted octanol–water partition coefficient (Wildman–Crippen LogP) is 18.2. The number of rotatable bonds is 18. The second kappa shape index (κ2) is 21.6. The van der Waals surface area contributed by atoms with Gasteiger partial charge in [-0.15, -0.1) is 0 Å². The van der Waals surface area contributed by atoms with Crippen LogP contribution in [0.2, 0.25) is 0 Å². The molecule has 0 aliphatic rings. The largest absolute Gasteiger partial charge is 0.311 e. The van der Waals surface area contributed by atoms with Gasteiger partial charge in [0.2, 0.25) is 0 Å². The molecule has 9 aromatic carbocycles. The van der Waals surface area contributed by atoms with Crippen LogP contribution in [0.25, 0.3) is 84.3 Å². The molecule has 0 saturated heterocycles. The third-order valence-corrected chi connectivity index (χ3v) is 14.9. The van der Waals surface area contributed by atoms with Gasteiger partial charge in [0, 0.05) is 50.8 Å². The smallest absolute Gasteiger partial charge is 0.145 e. The van der Waals surface area contributed by atoms with Crippen LogP contribution in [0, 0.1) is 0 Å². The van der Waals surface area contributed by atoms with E-state index in [1.807, 2.05) is 0 Å². The van der Waals surface area contributed by atoms with E-state index in [-0.39, 0.29) is 0 Å². The number of nitrogens with zero attached hydrogens (tertiary/aromatic N) is 7. The van der Waals surface area contributed by atoms with E-state index in [2.05, 4.69) is 258 Å². The Balaban J connectivity index is 0.942. The normalized spacial score (nSPS) is 11.6. The summed E-state index contributed by atoms with van der Waals surface area (Å²) in [5.74, 6) is 2.73. The maximum Gasteiger partial charge on any atom is 0.145 e. The van der Waals surface area contributed by atoms with Crippen molar-refractivity contribution < 1.29 is 0 Å². The van der Waals surface area contributed by atoms with Gasteiger partial charge in [0.05, 0.1) is 33.1 Å². The third-order valence-electron chi connectivity index (χ3n) is 14.9. The molecule has 76 heavy (non-hydrogen) atoms. The summed E-state index contributed by atoms with van der Waals surface area (Å²) in [7, 11) is 0. The molecule has 0 amide bonds. The van der Waals surface area contributed by atoms with Gasteiger partial charge >= 0.3 is 0 Å². The zero-order valence-electron chi connectivity index (χ0n) is 43.8. The van der Waals surface area contributed by atoms with Crippen molar-refractivity contribution in [1.82, 2.24) is 28.7 Å². The van der Waals surface area contributed by atoms with Crippen molar-refractivity contribution >= 4 is 50.2 Å². The summed E-state index contributed by atoms with van der Waals surface area (Å²) < 4.78 is 6.89. The number of anilines is 3. The van der Waals surface area contributed by atoms with Gasteiger partial charge in [0.25, 0.3) is 0 Å². The van der Waals surface area contributed by atoms with Crippen molar-refractivity contribution in [3.63, 3.8) is 0 Å². The number of unbranched alkanes of at least 4 members (excludes halogenated alkanes) is 3. The summed E-state index contributed by atoms with van der Waals surface area (Å²) in [6.45, 7) is 6.74. The second-order valence-corrected chi connectivity index (χ2v) is 20.1. The average molecular weight is 990 g/mol. The van der Waals surface area contributed by atoms with Crippen molar-refractivity contribution in [3.8, 4) is 51.2 Å². The highest BCUT2D eigenvalue weighted by molar-refractivity contribution is 5.88. The summed E-state index contributed by atoms with van der Waals surface area (Å²) >= 11 is 0. The summed E-state index contributed by atoms with van der Waals surface area (Å²) in [4.78, 5) is 18.1. The lowest BCUT2D eigenvalue weighted by molar-refractivity contribution is 0.795. The number of hydrogen-bond donors (Lipinski definition) is 0. The first kappa shape index (κ1) is 48.1. The van der Waals surface area contributed by atoms with Gasteiger partial charge in [0.15, 0.2) is 0 Å². The molecule has 3 aromatic heterocycles. The van der Waals surface area contributed by atoms with Gasteiger partial charge in [-0.3, -0.25) is 13.7 Å². The molecule has 0 fully saturated rings. The maximum absolute atomic E-state index is 5.25. The first-order valence-corrected chi connectivity index (χ1v) is 27.4. The Morgan fingerprint density at radius 1 is 0.303 bits per heavy atom. The SMILES string of the molecule is CCCCc1ccc(-n2c(-c3ccc(N(c4ccc(-c5nc6ccccc6n5-c5ccc(CCCC)cc5)cc4)c4ccc(-c5nc6ccccc6n5-c5ccc(CCCC)cc5)cc4)cc3)nc3ccccc32)cc1. The van der Waals surface area contributed by atoms with Gasteiger partial charge in [-0.1, -0.05) is 113 Å². The van der Waals surface area contributed by atoms with Gasteiger partial charge in [-0.25, -0.2) is 15.0 Å². The molecule has 0 bridgehead atoms. The Morgan fingerprint density at radius 2 is 0.566 bits per heavy atom. The zero-order chi connectivity index (χ0) is 51.4. The van der Waals surface area contributed by atoms with E-state index in [4.69, 9.17) is 15.0 Å². The van der Waals surface area contributed by atoms with Gasteiger partial charge in [-0.2, -0.15) is 0 Å². The van der Waals surface area contributed by atoms with Crippen LogP contribution in [-0.4, -0.2) is 28.7 Å². The molecule has 7 heteroatoms. The minimum atomic E-state index is 0.909. The molecular weight excluding hydrogens is 927 g/mol. The standard InChI is InChI=1S/C69H63N7/c1-4-7-16-49-25-37-58(38-26-49)74-64-22-13-10-19-61(64)70-67(74)52-31-43-55(44-32-52)73(56-45-33-53(34-46-56)68-71-62-20-11-14-23-65(62)75(68)59-39-27-50(28-40-59)17-8-5-2)57-47-35-54(36-48-57)69-72-63-21-12-15-24-66(63)76(69)60-41-29-51(30-42-60)18-9-6-3/h10-15,19-48H,4-9,16-18H2,1-3H3. The minimum Gasteiger partial charge on any atom is -0.311 e. The number of benzene rings is 9. The molecule has 374 valence electrons. The molecule has 0 aliphatic carbocycles. The van der Waals surface area contributed by atoms with Crippen molar-refractivity contribution in [2.45, 2.75) is 78.6 Å². The molecule has 7 nitrogen and oxygen atoms in total. The van der Waals surface area contributed by atoms with Crippen molar-refractivity contribution in [2.75, 3.05) is 4.90 Å². The molecule has 0 N–H and O–H groups in total. The van der Waals surface area contributed by atoms with Crippen LogP contribution < -0.4 is 4.90 Å². The first-order chi connectivity index (χ1) is 37.5. The second-order valence-electron chi connectivity index (χ2n) is 20.1. The fourth-order valence-electron chi connectivity index (χ4n) is 10.7. The molecular formula is C69H63N7. The lowest BCUT2D eigenvalue weighted by Gasteiger charge is -2.26. The molecule has 0 aliphatic heterocycles. The Kier molecular flexibility index (Phi) is 13.7. The van der Waals surface area contributed by atoms with Gasteiger partial charge in [-0.05, 0) is 201 Å². The topological polar surface area (TPSA) is 56.7 Å². The summed E-state index contributed by atoms with van der Waals surface area (Å²) in [5, 5.41) is 0. The van der Waals surface area contributed by atoms with Crippen molar-refractivity contribution in [1.29, 1.82) is 0 Å². The molecule has 12 rings (SSSR count). The van der Waals surface area contributed by atoms with Crippen LogP contribution >= 0.6 is 0 Å². The van der Waals surface area contributed by atoms with Gasteiger partial charge in [0.1, 0.15) is 17.5 Å². The third kappa shape index (κ3) is 9.50. The lowest BCUT2D eigenvalue weighted by atomic mass is 10.1. The van der Waals surface area contributed by atoms with Crippen molar-refractivity contribution in [3.05, 3.63) is 235 Å². The Morgan fingerprint density at radius 3 is 0.829 bits per heavy atom. The van der Waals surface area contributed by atoms with Crippen LogP contribution in [0.3, 0.4) is 0 Å². The number of para-hydroxylation sites is 6. The quantitative estimate of drug-likeness (QED) is 0.0859.